The van der Waals surface area contributed by atoms with Crippen LogP contribution >= 0.6 is 0 Å². The molecule has 0 spiro atoms. The van der Waals surface area contributed by atoms with Crippen LogP contribution in [0.4, 0.5) is 13.2 Å². The zero-order valence-electron chi connectivity index (χ0n) is 16.6. The Labute approximate surface area is 175 Å². The highest BCUT2D eigenvalue weighted by atomic mass is 32.2. The lowest BCUT2D eigenvalue weighted by atomic mass is 9.86. The lowest BCUT2D eigenvalue weighted by Crippen LogP contribution is -2.39. The van der Waals surface area contributed by atoms with Crippen LogP contribution in [0.1, 0.15) is 37.7 Å². The van der Waals surface area contributed by atoms with Gasteiger partial charge in [-0.1, -0.05) is 5.92 Å². The van der Waals surface area contributed by atoms with Gasteiger partial charge >= 0.3 is 6.18 Å². The van der Waals surface area contributed by atoms with Crippen LogP contribution < -0.4 is 0 Å². The molecule has 0 heterocycles. The van der Waals surface area contributed by atoms with Crippen LogP contribution in [-0.4, -0.2) is 47.1 Å². The van der Waals surface area contributed by atoms with E-state index < -0.39 is 31.9 Å². The summed E-state index contributed by atoms with van der Waals surface area (Å²) in [6, 6.07) is 3.22. The minimum absolute atomic E-state index is 0.00467. The standard InChI is InChI=1S/C19H24F3NO5S2/c1-23(30(26,27)18-12-8-16(9-13-18)19(20,21)22)17-10-6-15(7-11-17)5-3-4-14-28-29(2,24)25/h8-9,12-13,15,17H,4,6-7,10-11,14H2,1-2H3. The molecule has 1 fully saturated rings. The zero-order chi connectivity index (χ0) is 22.6. The van der Waals surface area contributed by atoms with Gasteiger partial charge in [-0.25, -0.2) is 8.42 Å². The second-order valence-electron chi connectivity index (χ2n) is 7.15. The normalized spacial score (nSPS) is 20.6. The summed E-state index contributed by atoms with van der Waals surface area (Å²) in [6.45, 7) is -0.00467. The summed E-state index contributed by atoms with van der Waals surface area (Å²) < 4.78 is 91.1. The molecule has 0 amide bonds. The summed E-state index contributed by atoms with van der Waals surface area (Å²) in [5.74, 6) is 6.03. The van der Waals surface area contributed by atoms with Gasteiger partial charge in [-0.3, -0.25) is 4.18 Å². The van der Waals surface area contributed by atoms with E-state index in [9.17, 15) is 30.0 Å². The van der Waals surface area contributed by atoms with E-state index in [4.69, 9.17) is 0 Å². The van der Waals surface area contributed by atoms with E-state index in [2.05, 4.69) is 16.0 Å². The van der Waals surface area contributed by atoms with Gasteiger partial charge < -0.3 is 0 Å². The highest BCUT2D eigenvalue weighted by molar-refractivity contribution is 7.89. The molecule has 1 aromatic carbocycles. The van der Waals surface area contributed by atoms with Crippen molar-refractivity contribution in [3.63, 3.8) is 0 Å². The summed E-state index contributed by atoms with van der Waals surface area (Å²) in [5.41, 5.74) is -0.898. The van der Waals surface area contributed by atoms with Gasteiger partial charge in [-0.15, -0.1) is 5.92 Å². The molecule has 2 rings (SSSR count). The predicted molar refractivity (Wildman–Crippen MR) is 105 cm³/mol. The monoisotopic (exact) mass is 467 g/mol. The molecule has 30 heavy (non-hydrogen) atoms. The van der Waals surface area contributed by atoms with Gasteiger partial charge in [0.15, 0.2) is 0 Å². The summed E-state index contributed by atoms with van der Waals surface area (Å²) in [6.07, 6.45) is -0.753. The first-order valence-corrected chi connectivity index (χ1v) is 12.5. The summed E-state index contributed by atoms with van der Waals surface area (Å²) in [4.78, 5) is -0.175. The molecule has 0 bridgehead atoms. The van der Waals surface area contributed by atoms with E-state index in [0.717, 1.165) is 30.5 Å². The van der Waals surface area contributed by atoms with Gasteiger partial charge in [0.2, 0.25) is 10.0 Å². The van der Waals surface area contributed by atoms with Crippen LogP contribution in [0, 0.1) is 17.8 Å². The van der Waals surface area contributed by atoms with Crippen LogP contribution in [0.5, 0.6) is 0 Å². The Balaban J connectivity index is 1.92. The van der Waals surface area contributed by atoms with Crippen molar-refractivity contribution in [2.75, 3.05) is 19.9 Å². The SMILES string of the molecule is CN(C1CCC(C#CCCOS(C)(=O)=O)CC1)S(=O)(=O)c1ccc(C(F)(F)F)cc1. The quantitative estimate of drug-likeness (QED) is 0.365. The van der Waals surface area contributed by atoms with Crippen molar-refractivity contribution in [3.05, 3.63) is 29.8 Å². The van der Waals surface area contributed by atoms with Gasteiger partial charge in [0.25, 0.3) is 10.1 Å². The molecular weight excluding hydrogens is 443 g/mol. The maximum atomic E-state index is 12.8. The maximum absolute atomic E-state index is 12.8. The summed E-state index contributed by atoms with van der Waals surface area (Å²) in [7, 11) is -5.94. The molecule has 0 N–H and O–H groups in total. The number of hydrogen-bond donors (Lipinski definition) is 0. The lowest BCUT2D eigenvalue weighted by Gasteiger charge is -2.32. The number of nitrogens with zero attached hydrogens (tertiary/aromatic N) is 1. The molecule has 1 aliphatic carbocycles. The molecule has 0 radical (unpaired) electrons. The number of benzene rings is 1. The fraction of sp³-hybridized carbons (Fsp3) is 0.579. The number of rotatable bonds is 6. The van der Waals surface area contributed by atoms with Crippen molar-refractivity contribution in [3.8, 4) is 11.8 Å². The fourth-order valence-electron chi connectivity index (χ4n) is 3.22. The molecule has 0 atom stereocenters. The first kappa shape index (κ1) is 24.7. The van der Waals surface area contributed by atoms with Crippen molar-refractivity contribution >= 4 is 20.1 Å². The van der Waals surface area contributed by atoms with Crippen LogP contribution in [0.15, 0.2) is 29.2 Å². The second-order valence-corrected chi connectivity index (χ2v) is 10.8. The van der Waals surface area contributed by atoms with Crippen LogP contribution in [0.25, 0.3) is 0 Å². The van der Waals surface area contributed by atoms with E-state index in [1.54, 1.807) is 0 Å². The van der Waals surface area contributed by atoms with Crippen molar-refractivity contribution < 1.29 is 34.2 Å². The van der Waals surface area contributed by atoms with Gasteiger partial charge in [0, 0.05) is 25.4 Å². The van der Waals surface area contributed by atoms with Crippen molar-refractivity contribution in [2.24, 2.45) is 5.92 Å². The third-order valence-electron chi connectivity index (χ3n) is 4.90. The average Bonchev–Trinajstić information content (AvgIpc) is 2.66. The predicted octanol–water partition coefficient (Wildman–Crippen LogP) is 3.25. The van der Waals surface area contributed by atoms with Crippen LogP contribution in [0.3, 0.4) is 0 Å². The van der Waals surface area contributed by atoms with E-state index in [1.807, 2.05) is 0 Å². The number of sulfonamides is 1. The Kier molecular flexibility index (Phi) is 7.96. The Morgan fingerprint density at radius 3 is 2.13 bits per heavy atom. The average molecular weight is 468 g/mol. The fourth-order valence-corrected chi connectivity index (χ4v) is 5.02. The molecule has 0 saturated heterocycles. The van der Waals surface area contributed by atoms with Crippen LogP contribution in [-0.2, 0) is 30.5 Å². The summed E-state index contributed by atoms with van der Waals surface area (Å²) >= 11 is 0. The Bertz CT molecular complexity index is 985. The highest BCUT2D eigenvalue weighted by Gasteiger charge is 2.33. The van der Waals surface area contributed by atoms with Crippen molar-refractivity contribution in [1.29, 1.82) is 0 Å². The largest absolute Gasteiger partial charge is 0.416 e. The number of hydrogen-bond acceptors (Lipinski definition) is 5. The van der Waals surface area contributed by atoms with Crippen molar-refractivity contribution in [2.45, 2.75) is 49.2 Å². The lowest BCUT2D eigenvalue weighted by molar-refractivity contribution is -0.137. The molecule has 1 aliphatic rings. The van der Waals surface area contributed by atoms with Gasteiger partial charge in [-0.05, 0) is 49.9 Å². The molecule has 11 heteroatoms. The third kappa shape index (κ3) is 6.97. The first-order valence-electron chi connectivity index (χ1n) is 9.29. The molecule has 168 valence electrons. The van der Waals surface area contributed by atoms with Crippen molar-refractivity contribution in [1.82, 2.24) is 4.31 Å². The molecule has 0 aromatic heterocycles. The Hall–Kier alpha value is -1.61. The van der Waals surface area contributed by atoms with E-state index >= 15 is 0 Å². The summed E-state index contributed by atoms with van der Waals surface area (Å²) in [5, 5.41) is 0. The van der Waals surface area contributed by atoms with Crippen LogP contribution in [0.2, 0.25) is 0 Å². The second kappa shape index (κ2) is 9.68. The maximum Gasteiger partial charge on any atom is 0.416 e. The first-order chi connectivity index (χ1) is 13.8. The van der Waals surface area contributed by atoms with E-state index in [1.165, 1.54) is 11.4 Å². The minimum atomic E-state index is -4.52. The van der Waals surface area contributed by atoms with Gasteiger partial charge in [0.05, 0.1) is 23.3 Å². The van der Waals surface area contributed by atoms with Gasteiger partial charge in [0.1, 0.15) is 0 Å². The molecular formula is C19H24F3NO5S2. The minimum Gasteiger partial charge on any atom is -0.269 e. The molecule has 6 nitrogen and oxygen atoms in total. The Morgan fingerprint density at radius 2 is 1.63 bits per heavy atom. The number of halogens is 3. The molecule has 0 unspecified atom stereocenters. The third-order valence-corrected chi connectivity index (χ3v) is 7.42. The smallest absolute Gasteiger partial charge is 0.269 e. The van der Waals surface area contributed by atoms with E-state index in [-0.39, 0.29) is 29.9 Å². The zero-order valence-corrected chi connectivity index (χ0v) is 18.3. The van der Waals surface area contributed by atoms with Gasteiger partial charge in [-0.2, -0.15) is 25.9 Å². The number of alkyl halides is 3. The molecule has 1 saturated carbocycles. The Morgan fingerprint density at radius 1 is 1.07 bits per heavy atom. The molecule has 1 aromatic rings. The van der Waals surface area contributed by atoms with E-state index in [0.29, 0.717) is 25.7 Å². The highest BCUT2D eigenvalue weighted by Crippen LogP contribution is 2.32. The molecule has 0 aliphatic heterocycles. The topological polar surface area (TPSA) is 80.8 Å².